The Balaban J connectivity index is 1.41. The number of ether oxygens (including phenoxy) is 1. The van der Waals surface area contributed by atoms with E-state index in [0.29, 0.717) is 36.6 Å². The first-order valence-electron chi connectivity index (χ1n) is 11.2. The molecule has 0 bridgehead atoms. The van der Waals surface area contributed by atoms with E-state index in [1.54, 1.807) is 23.9 Å². The highest BCUT2D eigenvalue weighted by Crippen LogP contribution is 2.27. The number of carbonyl (C=O) groups is 1. The molecule has 0 saturated heterocycles. The summed E-state index contributed by atoms with van der Waals surface area (Å²) in [5.41, 5.74) is 3.32. The average Bonchev–Trinajstić information content (AvgIpc) is 3.17. The smallest absolute Gasteiger partial charge is 0.303 e. The van der Waals surface area contributed by atoms with Gasteiger partial charge in [-0.2, -0.15) is 10.4 Å². The molecule has 0 radical (unpaired) electrons. The van der Waals surface area contributed by atoms with E-state index in [1.807, 2.05) is 6.07 Å². The van der Waals surface area contributed by atoms with E-state index in [9.17, 15) is 14.3 Å². The molecular weight excluding hydrogens is 437 g/mol. The first kappa shape index (κ1) is 23.2. The summed E-state index contributed by atoms with van der Waals surface area (Å²) in [7, 11) is 1.76. The number of nitrogens with one attached hydrogen (secondary N) is 1. The Labute approximate surface area is 197 Å². The van der Waals surface area contributed by atoms with Crippen molar-refractivity contribution in [1.82, 2.24) is 14.8 Å². The molecule has 1 aromatic carbocycles. The van der Waals surface area contributed by atoms with Crippen LogP contribution in [0.5, 0.6) is 5.88 Å². The highest BCUT2D eigenvalue weighted by atomic mass is 19.1. The number of pyridine rings is 1. The van der Waals surface area contributed by atoms with Crippen LogP contribution in [-0.4, -0.2) is 39.0 Å². The zero-order chi connectivity index (χ0) is 24.1. The standard InChI is InChI=1S/C25H26FN5O3/c1-31-23(34-10-8-20-6-4-16-3-2-9-28-25(16)29-20)14-21(30-31)12-18(13-24(32)33)17-5-7-22(26)19(11-17)15-27/h4-7,11,14,18H,2-3,8-10,12-13H2,1H3,(H,28,29)(H,32,33)/t18-/m0/s1. The fourth-order valence-corrected chi connectivity index (χ4v) is 4.16. The molecule has 1 aliphatic rings. The van der Waals surface area contributed by atoms with Crippen LogP contribution in [0.1, 0.15) is 46.8 Å². The SMILES string of the molecule is Cn1nc(C[C@@H](CC(=O)O)c2ccc(F)c(C#N)c2)cc1OCCc1ccc2c(n1)NCCC2. The van der Waals surface area contributed by atoms with Gasteiger partial charge in [0.15, 0.2) is 0 Å². The molecule has 2 aromatic heterocycles. The normalized spacial score (nSPS) is 13.4. The molecule has 1 aliphatic heterocycles. The van der Waals surface area contributed by atoms with E-state index in [1.165, 1.54) is 23.8 Å². The molecular formula is C25H26FN5O3. The monoisotopic (exact) mass is 463 g/mol. The maximum absolute atomic E-state index is 13.7. The van der Waals surface area contributed by atoms with Gasteiger partial charge >= 0.3 is 5.97 Å². The number of nitrogens with zero attached hydrogens (tertiary/aromatic N) is 4. The summed E-state index contributed by atoms with van der Waals surface area (Å²) >= 11 is 0. The number of nitriles is 1. The number of aryl methyl sites for hydroxylation is 2. The zero-order valence-corrected chi connectivity index (χ0v) is 18.9. The van der Waals surface area contributed by atoms with Gasteiger partial charge in [-0.1, -0.05) is 12.1 Å². The van der Waals surface area contributed by atoms with Crippen molar-refractivity contribution >= 4 is 11.8 Å². The molecule has 3 aromatic rings. The number of carboxylic acid groups (broad SMARTS) is 1. The Hall–Kier alpha value is -3.93. The van der Waals surface area contributed by atoms with E-state index in [2.05, 4.69) is 21.5 Å². The summed E-state index contributed by atoms with van der Waals surface area (Å²) in [5, 5.41) is 26.3. The van der Waals surface area contributed by atoms with Gasteiger partial charge in [0.25, 0.3) is 0 Å². The number of rotatable bonds is 9. The van der Waals surface area contributed by atoms with Crippen LogP contribution in [0.25, 0.3) is 0 Å². The molecule has 4 rings (SSSR count). The molecule has 2 N–H and O–H groups in total. The van der Waals surface area contributed by atoms with Crippen LogP contribution in [0.2, 0.25) is 0 Å². The number of carboxylic acids is 1. The van der Waals surface area contributed by atoms with Crippen LogP contribution in [0.3, 0.4) is 0 Å². The van der Waals surface area contributed by atoms with Crippen molar-refractivity contribution in [2.45, 2.75) is 38.0 Å². The maximum Gasteiger partial charge on any atom is 0.303 e. The molecule has 3 heterocycles. The number of aromatic nitrogens is 3. The number of halogens is 1. The fourth-order valence-electron chi connectivity index (χ4n) is 4.16. The molecule has 0 saturated carbocycles. The summed E-state index contributed by atoms with van der Waals surface area (Å²) in [6.07, 6.45) is 2.96. The summed E-state index contributed by atoms with van der Waals surface area (Å²) < 4.78 is 21.3. The lowest BCUT2D eigenvalue weighted by atomic mass is 9.90. The first-order valence-corrected chi connectivity index (χ1v) is 11.2. The summed E-state index contributed by atoms with van der Waals surface area (Å²) in [5.74, 6) is -0.543. The number of hydrogen-bond acceptors (Lipinski definition) is 6. The minimum atomic E-state index is -0.979. The minimum Gasteiger partial charge on any atom is -0.481 e. The van der Waals surface area contributed by atoms with E-state index < -0.39 is 17.7 Å². The lowest BCUT2D eigenvalue weighted by Crippen LogP contribution is -2.14. The second kappa shape index (κ2) is 10.3. The van der Waals surface area contributed by atoms with E-state index in [-0.39, 0.29) is 12.0 Å². The van der Waals surface area contributed by atoms with Gasteiger partial charge in [-0.25, -0.2) is 14.1 Å². The molecule has 9 heteroatoms. The topological polar surface area (TPSA) is 113 Å². The van der Waals surface area contributed by atoms with Gasteiger partial charge in [0.1, 0.15) is 17.7 Å². The predicted octanol–water partition coefficient (Wildman–Crippen LogP) is 3.61. The van der Waals surface area contributed by atoms with Crippen molar-refractivity contribution in [2.24, 2.45) is 7.05 Å². The third-order valence-electron chi connectivity index (χ3n) is 5.91. The van der Waals surface area contributed by atoms with Gasteiger partial charge in [-0.15, -0.1) is 0 Å². The largest absolute Gasteiger partial charge is 0.481 e. The van der Waals surface area contributed by atoms with Gasteiger partial charge in [-0.3, -0.25) is 4.79 Å². The lowest BCUT2D eigenvalue weighted by Gasteiger charge is -2.17. The van der Waals surface area contributed by atoms with Crippen molar-refractivity contribution in [3.8, 4) is 11.9 Å². The molecule has 0 spiro atoms. The highest BCUT2D eigenvalue weighted by molar-refractivity contribution is 5.68. The van der Waals surface area contributed by atoms with Crippen LogP contribution in [-0.2, 0) is 31.1 Å². The molecule has 0 unspecified atom stereocenters. The van der Waals surface area contributed by atoms with Gasteiger partial charge in [0.05, 0.1) is 24.3 Å². The lowest BCUT2D eigenvalue weighted by molar-refractivity contribution is -0.137. The van der Waals surface area contributed by atoms with Gasteiger partial charge in [-0.05, 0) is 54.5 Å². The van der Waals surface area contributed by atoms with Crippen molar-refractivity contribution in [2.75, 3.05) is 18.5 Å². The van der Waals surface area contributed by atoms with Crippen molar-refractivity contribution in [3.05, 3.63) is 70.3 Å². The fraction of sp³-hybridized carbons (Fsp3) is 0.360. The summed E-state index contributed by atoms with van der Waals surface area (Å²) in [4.78, 5) is 16.1. The van der Waals surface area contributed by atoms with Crippen molar-refractivity contribution in [1.29, 1.82) is 5.26 Å². The van der Waals surface area contributed by atoms with Crippen molar-refractivity contribution < 1.29 is 19.0 Å². The van der Waals surface area contributed by atoms with Crippen LogP contribution in [0.4, 0.5) is 10.2 Å². The Bertz CT molecular complexity index is 1230. The molecule has 34 heavy (non-hydrogen) atoms. The minimum absolute atomic E-state index is 0.107. The molecule has 1 atom stereocenters. The number of hydrogen-bond donors (Lipinski definition) is 2. The first-order chi connectivity index (χ1) is 16.4. The highest BCUT2D eigenvalue weighted by Gasteiger charge is 2.20. The summed E-state index contributed by atoms with van der Waals surface area (Å²) in [6, 6.07) is 11.8. The molecule has 0 aliphatic carbocycles. The number of aliphatic carboxylic acids is 1. The van der Waals surface area contributed by atoms with Gasteiger partial charge in [0, 0.05) is 31.8 Å². The maximum atomic E-state index is 13.7. The average molecular weight is 464 g/mol. The number of benzene rings is 1. The number of fused-ring (bicyclic) bond motifs is 1. The van der Waals surface area contributed by atoms with E-state index >= 15 is 0 Å². The molecule has 0 fully saturated rings. The van der Waals surface area contributed by atoms with Crippen LogP contribution in [0.15, 0.2) is 36.4 Å². The van der Waals surface area contributed by atoms with E-state index in [4.69, 9.17) is 10.00 Å². The van der Waals surface area contributed by atoms with Crippen molar-refractivity contribution in [3.63, 3.8) is 0 Å². The molecule has 176 valence electrons. The van der Waals surface area contributed by atoms with Crippen LogP contribution in [0, 0.1) is 17.1 Å². The van der Waals surface area contributed by atoms with Crippen LogP contribution < -0.4 is 10.1 Å². The van der Waals surface area contributed by atoms with Crippen LogP contribution >= 0.6 is 0 Å². The molecule has 0 amide bonds. The Morgan fingerprint density at radius 2 is 2.18 bits per heavy atom. The molecule has 8 nitrogen and oxygen atoms in total. The second-order valence-electron chi connectivity index (χ2n) is 8.39. The Morgan fingerprint density at radius 1 is 1.32 bits per heavy atom. The summed E-state index contributed by atoms with van der Waals surface area (Å²) in [6.45, 7) is 1.36. The third kappa shape index (κ3) is 5.52. The number of anilines is 1. The third-order valence-corrected chi connectivity index (χ3v) is 5.91. The second-order valence-corrected chi connectivity index (χ2v) is 8.39. The Morgan fingerprint density at radius 3 is 2.97 bits per heavy atom. The van der Waals surface area contributed by atoms with E-state index in [0.717, 1.165) is 30.9 Å². The zero-order valence-electron chi connectivity index (χ0n) is 18.9. The van der Waals surface area contributed by atoms with Gasteiger partial charge in [0.2, 0.25) is 5.88 Å². The predicted molar refractivity (Wildman–Crippen MR) is 123 cm³/mol. The quantitative estimate of drug-likeness (QED) is 0.498. The Kier molecular flexibility index (Phi) is 7.07. The van der Waals surface area contributed by atoms with Gasteiger partial charge < -0.3 is 15.2 Å².